The lowest BCUT2D eigenvalue weighted by atomic mass is 9.87. The minimum absolute atomic E-state index is 0.0980. The number of rotatable bonds is 7. The Kier molecular flexibility index (Phi) is 7.29. The van der Waals surface area contributed by atoms with Gasteiger partial charge in [0.15, 0.2) is 11.0 Å². The van der Waals surface area contributed by atoms with E-state index in [-0.39, 0.29) is 16.6 Å². The van der Waals surface area contributed by atoms with Crippen LogP contribution in [0.1, 0.15) is 45.7 Å². The second kappa shape index (κ2) is 9.77. The van der Waals surface area contributed by atoms with Gasteiger partial charge in [-0.15, -0.1) is 10.2 Å². The van der Waals surface area contributed by atoms with Crippen LogP contribution in [0.15, 0.2) is 47.6 Å². The van der Waals surface area contributed by atoms with Crippen LogP contribution < -0.4 is 10.1 Å². The molecule has 170 valence electrons. The number of hydrogen-bond donors (Lipinski definition) is 1. The fourth-order valence-corrected chi connectivity index (χ4v) is 4.27. The molecule has 1 unspecified atom stereocenters. The van der Waals surface area contributed by atoms with Crippen molar-refractivity contribution in [2.75, 3.05) is 12.4 Å². The predicted octanol–water partition coefficient (Wildman–Crippen LogP) is 5.70. The maximum atomic E-state index is 12.9. The number of nitrogens with one attached hydrogen (secondary N) is 1. The van der Waals surface area contributed by atoms with Crippen molar-refractivity contribution in [3.8, 4) is 17.1 Å². The molecule has 1 N–H and O–H groups in total. The van der Waals surface area contributed by atoms with Crippen LogP contribution in [0.2, 0.25) is 0 Å². The smallest absolute Gasteiger partial charge is 0.237 e. The number of carbonyl (C=O) groups is 1. The molecule has 1 atom stereocenters. The molecule has 3 rings (SSSR count). The Morgan fingerprint density at radius 2 is 1.84 bits per heavy atom. The summed E-state index contributed by atoms with van der Waals surface area (Å²) in [5.74, 6) is 1.34. The minimum atomic E-state index is -0.356. The Morgan fingerprint density at radius 3 is 2.44 bits per heavy atom. The molecule has 0 spiro atoms. The quantitative estimate of drug-likeness (QED) is 0.466. The van der Waals surface area contributed by atoms with Gasteiger partial charge in [-0.05, 0) is 49.4 Å². The molecule has 1 amide bonds. The van der Waals surface area contributed by atoms with Crippen LogP contribution in [0.4, 0.5) is 5.69 Å². The van der Waals surface area contributed by atoms with Crippen molar-refractivity contribution in [2.45, 2.75) is 63.9 Å². The average Bonchev–Trinajstić information content (AvgIpc) is 3.15. The van der Waals surface area contributed by atoms with Gasteiger partial charge in [0.05, 0.1) is 18.0 Å². The molecule has 7 heteroatoms. The summed E-state index contributed by atoms with van der Waals surface area (Å²) in [4.78, 5) is 12.9. The molecular formula is C25H32N4O2S. The first-order chi connectivity index (χ1) is 15.1. The predicted molar refractivity (Wildman–Crippen MR) is 132 cm³/mol. The van der Waals surface area contributed by atoms with Crippen LogP contribution in [-0.4, -0.2) is 33.0 Å². The lowest BCUT2D eigenvalue weighted by molar-refractivity contribution is -0.115. The average molecular weight is 453 g/mol. The lowest BCUT2D eigenvalue weighted by Crippen LogP contribution is -2.23. The molecule has 2 aromatic carbocycles. The normalized spacial score (nSPS) is 12.5. The molecule has 6 nitrogen and oxygen atoms in total. The number of nitrogens with zero attached hydrogens (tertiary/aromatic N) is 3. The second-order valence-corrected chi connectivity index (χ2v) is 10.1. The van der Waals surface area contributed by atoms with E-state index >= 15 is 0 Å². The molecule has 32 heavy (non-hydrogen) atoms. The first-order valence-electron chi connectivity index (χ1n) is 10.8. The van der Waals surface area contributed by atoms with Crippen LogP contribution in [0.5, 0.6) is 5.75 Å². The number of aromatic nitrogens is 3. The van der Waals surface area contributed by atoms with Crippen LogP contribution in [-0.2, 0) is 16.8 Å². The van der Waals surface area contributed by atoms with E-state index in [4.69, 9.17) is 4.74 Å². The second-order valence-electron chi connectivity index (χ2n) is 8.83. The number of hydrogen-bond acceptors (Lipinski definition) is 5. The molecule has 0 aliphatic carbocycles. The highest BCUT2D eigenvalue weighted by atomic mass is 32.2. The Morgan fingerprint density at radius 1 is 1.16 bits per heavy atom. The molecule has 1 heterocycles. The number of aryl methyl sites for hydroxylation is 1. The Bertz CT molecular complexity index is 1080. The molecule has 0 bridgehead atoms. The van der Waals surface area contributed by atoms with Crippen molar-refractivity contribution >= 4 is 23.4 Å². The SMILES string of the molecule is CCn1c(SC(C)C(=O)Nc2cc(C)ccc2OC)nnc1-c1ccc(C(C)(C)C)cc1. The Hall–Kier alpha value is -2.80. The number of anilines is 1. The van der Waals surface area contributed by atoms with E-state index in [0.29, 0.717) is 18.0 Å². The zero-order valence-corrected chi connectivity index (χ0v) is 20.7. The monoisotopic (exact) mass is 452 g/mol. The maximum Gasteiger partial charge on any atom is 0.237 e. The third kappa shape index (κ3) is 5.33. The maximum absolute atomic E-state index is 12.9. The van der Waals surface area contributed by atoms with Gasteiger partial charge in [-0.3, -0.25) is 4.79 Å². The van der Waals surface area contributed by atoms with Crippen molar-refractivity contribution in [2.24, 2.45) is 0 Å². The van der Waals surface area contributed by atoms with Crippen molar-refractivity contribution in [1.29, 1.82) is 0 Å². The summed E-state index contributed by atoms with van der Waals surface area (Å²) in [6.07, 6.45) is 0. The van der Waals surface area contributed by atoms with E-state index in [2.05, 4.69) is 67.5 Å². The van der Waals surface area contributed by atoms with E-state index in [1.807, 2.05) is 36.6 Å². The number of thioether (sulfide) groups is 1. The van der Waals surface area contributed by atoms with Crippen LogP contribution in [0.3, 0.4) is 0 Å². The summed E-state index contributed by atoms with van der Waals surface area (Å²) in [5, 5.41) is 12.2. The van der Waals surface area contributed by atoms with Gasteiger partial charge in [0.25, 0.3) is 0 Å². The molecule has 3 aromatic rings. The van der Waals surface area contributed by atoms with E-state index in [0.717, 1.165) is 22.1 Å². The molecule has 1 aromatic heterocycles. The highest BCUT2D eigenvalue weighted by Gasteiger charge is 2.22. The van der Waals surface area contributed by atoms with Crippen LogP contribution in [0.25, 0.3) is 11.4 Å². The van der Waals surface area contributed by atoms with Gasteiger partial charge in [-0.2, -0.15) is 0 Å². The van der Waals surface area contributed by atoms with Crippen LogP contribution >= 0.6 is 11.8 Å². The van der Waals surface area contributed by atoms with Gasteiger partial charge in [0.1, 0.15) is 5.75 Å². The molecule has 0 saturated heterocycles. The topological polar surface area (TPSA) is 69.0 Å². The highest BCUT2D eigenvalue weighted by Crippen LogP contribution is 2.30. The van der Waals surface area contributed by atoms with Crippen molar-refractivity contribution < 1.29 is 9.53 Å². The van der Waals surface area contributed by atoms with Gasteiger partial charge >= 0.3 is 0 Å². The molecule has 0 aliphatic heterocycles. The van der Waals surface area contributed by atoms with E-state index in [1.165, 1.54) is 17.3 Å². The molecule has 0 aliphatic rings. The minimum Gasteiger partial charge on any atom is -0.495 e. The van der Waals surface area contributed by atoms with Gasteiger partial charge in [-0.1, -0.05) is 62.9 Å². The first kappa shape index (κ1) is 23.9. The number of amides is 1. The van der Waals surface area contributed by atoms with E-state index in [1.54, 1.807) is 7.11 Å². The molecule has 0 radical (unpaired) electrons. The summed E-state index contributed by atoms with van der Waals surface area (Å²) in [6, 6.07) is 14.2. The van der Waals surface area contributed by atoms with Gasteiger partial charge in [0.2, 0.25) is 5.91 Å². The van der Waals surface area contributed by atoms with Gasteiger partial charge < -0.3 is 14.6 Å². The number of ether oxygens (including phenoxy) is 1. The number of carbonyl (C=O) groups excluding carboxylic acids is 1. The summed E-state index contributed by atoms with van der Waals surface area (Å²) < 4.78 is 7.42. The zero-order chi connectivity index (χ0) is 23.5. The lowest BCUT2D eigenvalue weighted by Gasteiger charge is -2.19. The Labute approximate surface area is 194 Å². The van der Waals surface area contributed by atoms with Crippen LogP contribution in [0, 0.1) is 6.92 Å². The van der Waals surface area contributed by atoms with Gasteiger partial charge in [-0.25, -0.2) is 0 Å². The molecule has 0 saturated carbocycles. The van der Waals surface area contributed by atoms with Crippen molar-refractivity contribution in [1.82, 2.24) is 14.8 Å². The third-order valence-electron chi connectivity index (χ3n) is 5.31. The zero-order valence-electron chi connectivity index (χ0n) is 19.9. The van der Waals surface area contributed by atoms with Crippen molar-refractivity contribution in [3.63, 3.8) is 0 Å². The third-order valence-corrected chi connectivity index (χ3v) is 6.39. The number of benzene rings is 2. The summed E-state index contributed by atoms with van der Waals surface area (Å²) in [6.45, 7) is 13.2. The van der Waals surface area contributed by atoms with E-state index in [9.17, 15) is 4.79 Å². The first-order valence-corrected chi connectivity index (χ1v) is 11.7. The standard InChI is InChI=1S/C25H32N4O2S/c1-8-29-22(18-10-12-19(13-11-18)25(4,5)6)27-28-24(29)32-17(3)23(30)26-20-15-16(2)9-14-21(20)31-7/h9-15,17H,8H2,1-7H3,(H,26,30). The molecule has 0 fully saturated rings. The summed E-state index contributed by atoms with van der Waals surface area (Å²) >= 11 is 1.40. The van der Waals surface area contributed by atoms with Gasteiger partial charge in [0, 0.05) is 12.1 Å². The fraction of sp³-hybridized carbons (Fsp3) is 0.400. The van der Waals surface area contributed by atoms with E-state index < -0.39 is 0 Å². The summed E-state index contributed by atoms with van der Waals surface area (Å²) in [7, 11) is 1.60. The fourth-order valence-electron chi connectivity index (χ4n) is 3.36. The highest BCUT2D eigenvalue weighted by molar-refractivity contribution is 8.00. The Balaban J connectivity index is 1.77. The summed E-state index contributed by atoms with van der Waals surface area (Å²) in [5.41, 5.74) is 4.10. The largest absolute Gasteiger partial charge is 0.495 e. The number of methoxy groups -OCH3 is 1. The van der Waals surface area contributed by atoms with Crippen molar-refractivity contribution in [3.05, 3.63) is 53.6 Å². The molecular weight excluding hydrogens is 420 g/mol.